The maximum absolute atomic E-state index is 10.2. The van der Waals surface area contributed by atoms with Gasteiger partial charge < -0.3 is 15.3 Å². The molecule has 0 saturated carbocycles. The average Bonchev–Trinajstić information content (AvgIpc) is 2.83. The van der Waals surface area contributed by atoms with Gasteiger partial charge in [-0.2, -0.15) is 0 Å². The van der Waals surface area contributed by atoms with Gasteiger partial charge in [0.1, 0.15) is 17.2 Å². The van der Waals surface area contributed by atoms with E-state index in [1.165, 1.54) is 0 Å². The topological polar surface area (TPSA) is 60.7 Å². The summed E-state index contributed by atoms with van der Waals surface area (Å²) in [6.45, 7) is 12.8. The zero-order valence-electron chi connectivity index (χ0n) is 22.0. The average molecular weight is 481 g/mol. The molecule has 3 heteroatoms. The molecule has 4 rings (SSSR count). The van der Waals surface area contributed by atoms with E-state index in [0.717, 1.165) is 50.1 Å². The van der Waals surface area contributed by atoms with Crippen molar-refractivity contribution in [3.8, 4) is 50.6 Å². The molecular weight excluding hydrogens is 444 g/mol. The van der Waals surface area contributed by atoms with Gasteiger partial charge in [-0.05, 0) is 122 Å². The van der Waals surface area contributed by atoms with Gasteiger partial charge in [0.05, 0.1) is 0 Å². The van der Waals surface area contributed by atoms with E-state index >= 15 is 0 Å². The number of benzene rings is 4. The summed E-state index contributed by atoms with van der Waals surface area (Å²) in [5, 5.41) is 30.6. The number of hydrogen-bond donors (Lipinski definition) is 3. The van der Waals surface area contributed by atoms with Gasteiger partial charge in [0, 0.05) is 0 Å². The molecule has 0 bridgehead atoms. The summed E-state index contributed by atoms with van der Waals surface area (Å²) >= 11 is 0. The third-order valence-electron chi connectivity index (χ3n) is 6.84. The second kappa shape index (κ2) is 10.1. The molecule has 186 valence electrons. The zero-order valence-corrected chi connectivity index (χ0v) is 22.0. The smallest absolute Gasteiger partial charge is 0.115 e. The number of aromatic hydroxyl groups is 3. The van der Waals surface area contributed by atoms with Crippen LogP contribution in [0.1, 0.15) is 76.0 Å². The molecule has 4 aromatic carbocycles. The lowest BCUT2D eigenvalue weighted by Crippen LogP contribution is -1.97. The molecule has 0 heterocycles. The molecule has 0 aliphatic heterocycles. The molecule has 0 aliphatic rings. The molecule has 36 heavy (non-hydrogen) atoms. The van der Waals surface area contributed by atoms with Crippen LogP contribution >= 0.6 is 0 Å². The Kier molecular flexibility index (Phi) is 7.12. The van der Waals surface area contributed by atoms with Crippen molar-refractivity contribution < 1.29 is 15.3 Å². The lowest BCUT2D eigenvalue weighted by Gasteiger charge is -2.20. The van der Waals surface area contributed by atoms with Crippen LogP contribution in [-0.2, 0) is 0 Å². The van der Waals surface area contributed by atoms with E-state index in [4.69, 9.17) is 0 Å². The first kappa shape index (κ1) is 25.4. The molecule has 0 aromatic heterocycles. The van der Waals surface area contributed by atoms with Crippen LogP contribution in [0.15, 0.2) is 72.8 Å². The minimum atomic E-state index is 0.235. The Balaban J connectivity index is 2.06. The molecule has 3 N–H and O–H groups in total. The largest absolute Gasteiger partial charge is 0.508 e. The molecule has 0 spiro atoms. The molecule has 0 saturated heterocycles. The van der Waals surface area contributed by atoms with Gasteiger partial charge in [0.25, 0.3) is 0 Å². The Bertz CT molecular complexity index is 1210. The van der Waals surface area contributed by atoms with Gasteiger partial charge in [-0.3, -0.25) is 0 Å². The number of hydrogen-bond acceptors (Lipinski definition) is 3. The predicted octanol–water partition coefficient (Wildman–Crippen LogP) is 9.17. The third kappa shape index (κ3) is 5.11. The predicted molar refractivity (Wildman–Crippen MR) is 150 cm³/mol. The SMILES string of the molecule is CC(C)c1cc(O)ccc1-c1cc(-c2ccc(O)cc2C(C)C)cc(-c2ccc(O)cc2C(C)C)c1. The second-order valence-corrected chi connectivity index (χ2v) is 10.6. The number of phenolic OH excluding ortho intramolecular Hbond substituents is 3. The van der Waals surface area contributed by atoms with Gasteiger partial charge in [-0.25, -0.2) is 0 Å². The number of phenols is 3. The summed E-state index contributed by atoms with van der Waals surface area (Å²) in [4.78, 5) is 0. The highest BCUT2D eigenvalue weighted by Gasteiger charge is 2.18. The Labute approximate surface area is 214 Å². The van der Waals surface area contributed by atoms with Crippen LogP contribution in [0.5, 0.6) is 17.2 Å². The van der Waals surface area contributed by atoms with Crippen LogP contribution in [0.2, 0.25) is 0 Å². The zero-order chi connectivity index (χ0) is 26.1. The Morgan fingerprint density at radius 2 is 0.639 bits per heavy atom. The van der Waals surface area contributed by atoms with Crippen molar-refractivity contribution in [1.29, 1.82) is 0 Å². The van der Waals surface area contributed by atoms with Gasteiger partial charge in [0.15, 0.2) is 0 Å². The molecule has 0 atom stereocenters. The lowest BCUT2D eigenvalue weighted by atomic mass is 9.84. The first-order valence-electron chi connectivity index (χ1n) is 12.7. The normalized spacial score (nSPS) is 11.6. The summed E-state index contributed by atoms with van der Waals surface area (Å²) in [5.74, 6) is 1.50. The summed E-state index contributed by atoms with van der Waals surface area (Å²) in [7, 11) is 0. The van der Waals surface area contributed by atoms with E-state index < -0.39 is 0 Å². The van der Waals surface area contributed by atoms with E-state index in [0.29, 0.717) is 0 Å². The minimum absolute atomic E-state index is 0.235. The summed E-state index contributed by atoms with van der Waals surface area (Å²) in [6, 6.07) is 23.4. The molecule has 0 amide bonds. The molecule has 0 fully saturated rings. The fourth-order valence-electron chi connectivity index (χ4n) is 4.97. The summed E-state index contributed by atoms with van der Waals surface area (Å²) < 4.78 is 0. The van der Waals surface area contributed by atoms with Crippen LogP contribution < -0.4 is 0 Å². The second-order valence-electron chi connectivity index (χ2n) is 10.6. The van der Waals surface area contributed by atoms with E-state index in [9.17, 15) is 15.3 Å². The first-order chi connectivity index (χ1) is 17.0. The highest BCUT2D eigenvalue weighted by atomic mass is 16.3. The fourth-order valence-corrected chi connectivity index (χ4v) is 4.97. The van der Waals surface area contributed by atoms with Crippen LogP contribution in [0.4, 0.5) is 0 Å². The maximum Gasteiger partial charge on any atom is 0.115 e. The summed E-state index contributed by atoms with van der Waals surface area (Å²) in [6.07, 6.45) is 0. The van der Waals surface area contributed by atoms with Crippen LogP contribution in [0.3, 0.4) is 0 Å². The molecule has 0 radical (unpaired) electrons. The highest BCUT2D eigenvalue weighted by Crippen LogP contribution is 2.41. The standard InChI is InChI=1S/C33H36O3/c1-19(2)31-16-25(34)7-10-28(31)22-13-23(29-11-8-26(35)17-32(29)20(3)4)15-24(14-22)30-12-9-27(36)18-33(30)21(5)6/h7-21,34-36H,1-6H3. The minimum Gasteiger partial charge on any atom is -0.508 e. The van der Waals surface area contributed by atoms with E-state index in [1.807, 2.05) is 36.4 Å². The van der Waals surface area contributed by atoms with E-state index in [-0.39, 0.29) is 35.0 Å². The van der Waals surface area contributed by atoms with Crippen LogP contribution in [0.25, 0.3) is 33.4 Å². The Morgan fingerprint density at radius 3 is 0.861 bits per heavy atom. The Hall–Kier alpha value is -3.72. The van der Waals surface area contributed by atoms with Gasteiger partial charge in [-0.1, -0.05) is 59.7 Å². The summed E-state index contributed by atoms with van der Waals surface area (Å²) in [5.41, 5.74) is 9.71. The van der Waals surface area contributed by atoms with Crippen molar-refractivity contribution in [2.45, 2.75) is 59.3 Å². The van der Waals surface area contributed by atoms with Crippen molar-refractivity contribution in [3.63, 3.8) is 0 Å². The fraction of sp³-hybridized carbons (Fsp3) is 0.273. The monoisotopic (exact) mass is 480 g/mol. The Morgan fingerprint density at radius 1 is 0.389 bits per heavy atom. The lowest BCUT2D eigenvalue weighted by molar-refractivity contribution is 0.473. The van der Waals surface area contributed by atoms with Gasteiger partial charge >= 0.3 is 0 Å². The van der Waals surface area contributed by atoms with Gasteiger partial charge in [-0.15, -0.1) is 0 Å². The van der Waals surface area contributed by atoms with Crippen LogP contribution in [-0.4, -0.2) is 15.3 Å². The third-order valence-corrected chi connectivity index (χ3v) is 6.84. The van der Waals surface area contributed by atoms with Crippen molar-refractivity contribution in [3.05, 3.63) is 89.5 Å². The van der Waals surface area contributed by atoms with E-state index in [2.05, 4.69) is 59.7 Å². The van der Waals surface area contributed by atoms with E-state index in [1.54, 1.807) is 18.2 Å². The molecule has 0 unspecified atom stereocenters. The first-order valence-corrected chi connectivity index (χ1v) is 12.7. The maximum atomic E-state index is 10.2. The van der Waals surface area contributed by atoms with Gasteiger partial charge in [0.2, 0.25) is 0 Å². The number of rotatable bonds is 6. The van der Waals surface area contributed by atoms with Crippen molar-refractivity contribution in [1.82, 2.24) is 0 Å². The quantitative estimate of drug-likeness (QED) is 0.258. The van der Waals surface area contributed by atoms with Crippen molar-refractivity contribution in [2.24, 2.45) is 0 Å². The van der Waals surface area contributed by atoms with Crippen molar-refractivity contribution >= 4 is 0 Å². The molecule has 4 aromatic rings. The van der Waals surface area contributed by atoms with Crippen molar-refractivity contribution in [2.75, 3.05) is 0 Å². The molecule has 3 nitrogen and oxygen atoms in total. The van der Waals surface area contributed by atoms with Crippen LogP contribution in [0, 0.1) is 0 Å². The molecule has 0 aliphatic carbocycles. The highest BCUT2D eigenvalue weighted by molar-refractivity contribution is 5.85. The molecular formula is C33H36O3.